The molecule has 2 heterocycles. The van der Waals surface area contributed by atoms with Gasteiger partial charge in [0.05, 0.1) is 11.0 Å². The van der Waals surface area contributed by atoms with E-state index in [1.807, 2.05) is 12.4 Å². The first-order chi connectivity index (χ1) is 15.3. The minimum atomic E-state index is 0.964. The molecule has 0 spiro atoms. The summed E-state index contributed by atoms with van der Waals surface area (Å²) in [7, 11) is 0. The number of aryl methyl sites for hydroxylation is 6. The van der Waals surface area contributed by atoms with Crippen molar-refractivity contribution in [3.05, 3.63) is 94.3 Å². The molecule has 158 valence electrons. The van der Waals surface area contributed by atoms with Gasteiger partial charge in [-0.2, -0.15) is 0 Å². The van der Waals surface area contributed by atoms with E-state index in [2.05, 4.69) is 90.1 Å². The summed E-state index contributed by atoms with van der Waals surface area (Å²) in [4.78, 5) is 9.74. The molecule has 0 aliphatic heterocycles. The third-order valence-electron chi connectivity index (χ3n) is 6.65. The number of aromatic nitrogens is 2. The van der Waals surface area contributed by atoms with Crippen LogP contribution in [-0.2, 0) is 0 Å². The minimum Gasteiger partial charge on any atom is -0.254 e. The maximum Gasteiger partial charge on any atom is 0.0971 e. The van der Waals surface area contributed by atoms with Crippen molar-refractivity contribution in [1.82, 2.24) is 9.97 Å². The fourth-order valence-electron chi connectivity index (χ4n) is 4.56. The minimum absolute atomic E-state index is 0.964. The summed E-state index contributed by atoms with van der Waals surface area (Å²) in [6.45, 7) is 12.9. The Balaban J connectivity index is 2.05. The van der Waals surface area contributed by atoms with Crippen molar-refractivity contribution in [3.8, 4) is 22.3 Å². The van der Waals surface area contributed by atoms with Gasteiger partial charge in [-0.25, -0.2) is 0 Å². The zero-order chi connectivity index (χ0) is 22.6. The molecule has 0 aliphatic carbocycles. The molecule has 0 bridgehead atoms. The van der Waals surface area contributed by atoms with E-state index in [0.29, 0.717) is 0 Å². The topological polar surface area (TPSA) is 25.8 Å². The van der Waals surface area contributed by atoms with Gasteiger partial charge in [-0.05, 0) is 109 Å². The second-order valence-corrected chi connectivity index (χ2v) is 9.17. The Morgan fingerprint density at radius 2 is 0.875 bits per heavy atom. The number of pyridine rings is 2. The SMILES string of the molecule is Cc1cnc2c(c1)c(-c1ccc(C)c(C)c1)c(-c1ccc(C)c(C)c1)c1cc(C)cnc12. The van der Waals surface area contributed by atoms with E-state index < -0.39 is 0 Å². The van der Waals surface area contributed by atoms with Crippen LogP contribution in [0.4, 0.5) is 0 Å². The molecule has 3 aromatic carbocycles. The van der Waals surface area contributed by atoms with Crippen molar-refractivity contribution in [2.45, 2.75) is 41.5 Å². The maximum absolute atomic E-state index is 4.87. The molecule has 0 amide bonds. The van der Waals surface area contributed by atoms with Crippen LogP contribution >= 0.6 is 0 Å². The molecule has 0 N–H and O–H groups in total. The van der Waals surface area contributed by atoms with Crippen molar-refractivity contribution >= 4 is 21.8 Å². The van der Waals surface area contributed by atoms with Crippen molar-refractivity contribution in [3.63, 3.8) is 0 Å². The Kier molecular flexibility index (Phi) is 4.82. The van der Waals surface area contributed by atoms with Crippen LogP contribution in [0.2, 0.25) is 0 Å². The number of fused-ring (bicyclic) bond motifs is 3. The van der Waals surface area contributed by atoms with Gasteiger partial charge in [0.2, 0.25) is 0 Å². The van der Waals surface area contributed by atoms with Crippen LogP contribution in [0.15, 0.2) is 60.9 Å². The van der Waals surface area contributed by atoms with Crippen LogP contribution in [0.1, 0.15) is 33.4 Å². The number of hydrogen-bond donors (Lipinski definition) is 0. The fourth-order valence-corrected chi connectivity index (χ4v) is 4.56. The van der Waals surface area contributed by atoms with Gasteiger partial charge in [-0.3, -0.25) is 9.97 Å². The van der Waals surface area contributed by atoms with Crippen LogP contribution in [0.25, 0.3) is 44.1 Å². The van der Waals surface area contributed by atoms with Crippen LogP contribution in [0, 0.1) is 41.5 Å². The number of nitrogens with zero attached hydrogens (tertiary/aromatic N) is 2. The highest BCUT2D eigenvalue weighted by atomic mass is 14.7. The van der Waals surface area contributed by atoms with E-state index >= 15 is 0 Å². The highest BCUT2D eigenvalue weighted by Crippen LogP contribution is 2.44. The lowest BCUT2D eigenvalue weighted by Gasteiger charge is -2.19. The summed E-state index contributed by atoms with van der Waals surface area (Å²) in [5.41, 5.74) is 14.4. The van der Waals surface area contributed by atoms with Gasteiger partial charge in [0.15, 0.2) is 0 Å². The largest absolute Gasteiger partial charge is 0.254 e. The molecule has 5 rings (SSSR count). The first-order valence-corrected chi connectivity index (χ1v) is 11.2. The second-order valence-electron chi connectivity index (χ2n) is 9.17. The zero-order valence-corrected chi connectivity index (χ0v) is 19.7. The summed E-state index contributed by atoms with van der Waals surface area (Å²) < 4.78 is 0. The van der Waals surface area contributed by atoms with Crippen molar-refractivity contribution in [1.29, 1.82) is 0 Å². The molecule has 32 heavy (non-hydrogen) atoms. The fraction of sp³-hybridized carbons (Fsp3) is 0.200. The van der Waals surface area contributed by atoms with Crippen molar-refractivity contribution in [2.75, 3.05) is 0 Å². The van der Waals surface area contributed by atoms with Crippen LogP contribution < -0.4 is 0 Å². The van der Waals surface area contributed by atoms with Gasteiger partial charge in [-0.1, -0.05) is 36.4 Å². The molecular weight excluding hydrogens is 388 g/mol. The van der Waals surface area contributed by atoms with E-state index in [4.69, 9.17) is 9.97 Å². The quantitative estimate of drug-likeness (QED) is 0.273. The third kappa shape index (κ3) is 3.27. The Hall–Kier alpha value is -3.52. The summed E-state index contributed by atoms with van der Waals surface area (Å²) >= 11 is 0. The highest BCUT2D eigenvalue weighted by molar-refractivity contribution is 6.19. The molecule has 2 aromatic heterocycles. The van der Waals surface area contributed by atoms with Crippen molar-refractivity contribution in [2.24, 2.45) is 0 Å². The van der Waals surface area contributed by atoms with E-state index in [-0.39, 0.29) is 0 Å². The van der Waals surface area contributed by atoms with Gasteiger partial charge in [0, 0.05) is 23.2 Å². The molecule has 5 aromatic rings. The second kappa shape index (κ2) is 7.56. The summed E-state index contributed by atoms with van der Waals surface area (Å²) in [5, 5.41) is 2.32. The predicted octanol–water partition coefficient (Wildman–Crippen LogP) is 7.97. The first kappa shape index (κ1) is 20.4. The average molecular weight is 417 g/mol. The summed E-state index contributed by atoms with van der Waals surface area (Å²) in [6, 6.07) is 18.1. The van der Waals surface area contributed by atoms with Gasteiger partial charge in [-0.15, -0.1) is 0 Å². The molecule has 0 fully saturated rings. The normalized spacial score (nSPS) is 11.4. The van der Waals surface area contributed by atoms with E-state index in [0.717, 1.165) is 32.9 Å². The van der Waals surface area contributed by atoms with Gasteiger partial charge in [0.1, 0.15) is 0 Å². The van der Waals surface area contributed by atoms with E-state index in [1.165, 1.54) is 44.5 Å². The van der Waals surface area contributed by atoms with Crippen molar-refractivity contribution < 1.29 is 0 Å². The van der Waals surface area contributed by atoms with Crippen LogP contribution in [0.3, 0.4) is 0 Å². The van der Waals surface area contributed by atoms with Crippen LogP contribution in [-0.4, -0.2) is 9.97 Å². The highest BCUT2D eigenvalue weighted by Gasteiger charge is 2.20. The molecular formula is C30H28N2. The predicted molar refractivity (Wildman–Crippen MR) is 136 cm³/mol. The summed E-state index contributed by atoms with van der Waals surface area (Å²) in [6.07, 6.45) is 3.90. The molecule has 0 radical (unpaired) electrons. The zero-order valence-electron chi connectivity index (χ0n) is 19.7. The van der Waals surface area contributed by atoms with Gasteiger partial charge in [0.25, 0.3) is 0 Å². The Labute approximate surface area is 190 Å². The lowest BCUT2D eigenvalue weighted by atomic mass is 9.85. The summed E-state index contributed by atoms with van der Waals surface area (Å²) in [5.74, 6) is 0. The van der Waals surface area contributed by atoms with Crippen LogP contribution in [0.5, 0.6) is 0 Å². The maximum atomic E-state index is 4.87. The number of hydrogen-bond acceptors (Lipinski definition) is 2. The van der Waals surface area contributed by atoms with E-state index in [9.17, 15) is 0 Å². The molecule has 0 saturated carbocycles. The molecule has 0 atom stereocenters. The lowest BCUT2D eigenvalue weighted by molar-refractivity contribution is 1.30. The number of rotatable bonds is 2. The monoisotopic (exact) mass is 416 g/mol. The average Bonchev–Trinajstić information content (AvgIpc) is 2.76. The number of benzene rings is 3. The molecule has 2 heteroatoms. The standard InChI is InChI=1S/C30H28N2/c1-17-11-25-27(23-9-7-19(3)21(5)13-23)28(24-10-8-20(4)22(6)14-24)26-12-18(2)16-32-30(26)29(25)31-15-17/h7-16H,1-6H3. The lowest BCUT2D eigenvalue weighted by Crippen LogP contribution is -1.97. The molecule has 0 saturated heterocycles. The third-order valence-corrected chi connectivity index (χ3v) is 6.65. The Morgan fingerprint density at radius 3 is 1.25 bits per heavy atom. The molecule has 0 aliphatic rings. The molecule has 0 unspecified atom stereocenters. The first-order valence-electron chi connectivity index (χ1n) is 11.2. The van der Waals surface area contributed by atoms with Gasteiger partial charge >= 0.3 is 0 Å². The Bertz CT molecular complexity index is 1410. The van der Waals surface area contributed by atoms with E-state index in [1.54, 1.807) is 0 Å². The van der Waals surface area contributed by atoms with Gasteiger partial charge < -0.3 is 0 Å². The Morgan fingerprint density at radius 1 is 0.469 bits per heavy atom. The smallest absolute Gasteiger partial charge is 0.0971 e. The molecule has 2 nitrogen and oxygen atoms in total.